The molecule has 1 aliphatic carbocycles. The summed E-state index contributed by atoms with van der Waals surface area (Å²) in [6.07, 6.45) is 2.61. The van der Waals surface area contributed by atoms with Crippen LogP contribution in [-0.2, 0) is 4.79 Å². The molecule has 3 nitrogen and oxygen atoms in total. The van der Waals surface area contributed by atoms with E-state index >= 15 is 0 Å². The van der Waals surface area contributed by atoms with E-state index in [9.17, 15) is 9.90 Å². The van der Waals surface area contributed by atoms with Crippen molar-refractivity contribution in [3.63, 3.8) is 0 Å². The average molecular weight is 233 g/mol. The highest BCUT2D eigenvalue weighted by molar-refractivity contribution is 5.96. The molecule has 0 unspecified atom stereocenters. The van der Waals surface area contributed by atoms with Crippen LogP contribution in [0.1, 0.15) is 30.4 Å². The molecular formula is C14H19NO2. The van der Waals surface area contributed by atoms with E-state index in [0.717, 1.165) is 30.5 Å². The van der Waals surface area contributed by atoms with Gasteiger partial charge in [0.25, 0.3) is 0 Å². The van der Waals surface area contributed by atoms with Crippen LogP contribution in [-0.4, -0.2) is 17.6 Å². The number of hydrogen-bond acceptors (Lipinski definition) is 2. The minimum absolute atomic E-state index is 0.0433. The van der Waals surface area contributed by atoms with Crippen LogP contribution in [0.4, 0.5) is 5.69 Å². The number of anilines is 1. The van der Waals surface area contributed by atoms with Crippen molar-refractivity contribution in [3.8, 4) is 0 Å². The maximum atomic E-state index is 12.1. The van der Waals surface area contributed by atoms with Crippen molar-refractivity contribution in [2.45, 2.75) is 33.1 Å². The zero-order valence-corrected chi connectivity index (χ0v) is 10.4. The summed E-state index contributed by atoms with van der Waals surface area (Å²) in [5, 5.41) is 12.3. The number of aryl methyl sites for hydroxylation is 2. The third-order valence-electron chi connectivity index (χ3n) is 3.73. The second-order valence-corrected chi connectivity index (χ2v) is 5.06. The number of hydrogen-bond donors (Lipinski definition) is 2. The van der Waals surface area contributed by atoms with E-state index in [4.69, 9.17) is 0 Å². The Morgan fingerprint density at radius 3 is 2.59 bits per heavy atom. The number of carbonyl (C=O) groups is 1. The Bertz CT molecular complexity index is 430. The average Bonchev–Trinajstić information content (AvgIpc) is 2.21. The Kier molecular flexibility index (Phi) is 3.20. The Morgan fingerprint density at radius 1 is 1.41 bits per heavy atom. The highest BCUT2D eigenvalue weighted by Gasteiger charge is 2.43. The van der Waals surface area contributed by atoms with Gasteiger partial charge in [-0.2, -0.15) is 0 Å². The third kappa shape index (κ3) is 2.20. The number of carbonyl (C=O) groups excluding carboxylic acids is 1. The van der Waals surface area contributed by atoms with Gasteiger partial charge in [-0.25, -0.2) is 0 Å². The number of benzene rings is 1. The van der Waals surface area contributed by atoms with Crippen molar-refractivity contribution < 1.29 is 9.90 Å². The van der Waals surface area contributed by atoms with Crippen LogP contribution in [0.15, 0.2) is 18.2 Å². The molecule has 1 aromatic rings. The molecule has 0 aliphatic heterocycles. The van der Waals surface area contributed by atoms with E-state index in [1.54, 1.807) is 0 Å². The van der Waals surface area contributed by atoms with Crippen LogP contribution < -0.4 is 5.32 Å². The number of aliphatic hydroxyl groups is 1. The molecule has 2 rings (SSSR count). The molecule has 17 heavy (non-hydrogen) atoms. The Balaban J connectivity index is 2.13. The summed E-state index contributed by atoms with van der Waals surface area (Å²) in [6.45, 7) is 3.96. The van der Waals surface area contributed by atoms with E-state index in [-0.39, 0.29) is 12.5 Å². The number of rotatable bonds is 3. The zero-order chi connectivity index (χ0) is 12.5. The van der Waals surface area contributed by atoms with E-state index in [1.165, 1.54) is 5.56 Å². The molecule has 92 valence electrons. The van der Waals surface area contributed by atoms with Crippen molar-refractivity contribution in [3.05, 3.63) is 29.3 Å². The third-order valence-corrected chi connectivity index (χ3v) is 3.73. The molecule has 0 atom stereocenters. The topological polar surface area (TPSA) is 49.3 Å². The molecule has 1 saturated carbocycles. The van der Waals surface area contributed by atoms with Crippen molar-refractivity contribution in [1.29, 1.82) is 0 Å². The van der Waals surface area contributed by atoms with Gasteiger partial charge < -0.3 is 10.4 Å². The Hall–Kier alpha value is -1.35. The number of aliphatic hydroxyl groups excluding tert-OH is 1. The Labute approximate surface area is 102 Å². The fourth-order valence-electron chi connectivity index (χ4n) is 2.27. The largest absolute Gasteiger partial charge is 0.395 e. The lowest BCUT2D eigenvalue weighted by atomic mass is 9.68. The fourth-order valence-corrected chi connectivity index (χ4v) is 2.27. The smallest absolute Gasteiger partial charge is 0.232 e. The summed E-state index contributed by atoms with van der Waals surface area (Å²) in [7, 11) is 0. The van der Waals surface area contributed by atoms with Crippen LogP contribution in [0, 0.1) is 19.3 Å². The van der Waals surface area contributed by atoms with Crippen LogP contribution in [0.2, 0.25) is 0 Å². The summed E-state index contributed by atoms with van der Waals surface area (Å²) in [5.41, 5.74) is 2.56. The minimum Gasteiger partial charge on any atom is -0.395 e. The molecule has 0 radical (unpaired) electrons. The van der Waals surface area contributed by atoms with Crippen molar-refractivity contribution >= 4 is 11.6 Å². The molecule has 0 heterocycles. The first-order chi connectivity index (χ1) is 8.07. The van der Waals surface area contributed by atoms with Crippen molar-refractivity contribution in [2.75, 3.05) is 11.9 Å². The molecule has 0 aromatic heterocycles. The van der Waals surface area contributed by atoms with Crippen LogP contribution >= 0.6 is 0 Å². The lowest BCUT2D eigenvalue weighted by Gasteiger charge is -2.38. The summed E-state index contributed by atoms with van der Waals surface area (Å²) >= 11 is 0. The van der Waals surface area contributed by atoms with Crippen LogP contribution in [0.3, 0.4) is 0 Å². The molecule has 0 saturated heterocycles. The number of nitrogens with one attached hydrogen (secondary N) is 1. The van der Waals surface area contributed by atoms with Gasteiger partial charge in [-0.05, 0) is 38.3 Å². The van der Waals surface area contributed by atoms with Gasteiger partial charge in [0.15, 0.2) is 0 Å². The lowest BCUT2D eigenvalue weighted by Crippen LogP contribution is -2.44. The molecule has 1 fully saturated rings. The fraction of sp³-hybridized carbons (Fsp3) is 0.500. The minimum atomic E-state index is -0.530. The molecule has 0 bridgehead atoms. The zero-order valence-electron chi connectivity index (χ0n) is 10.4. The van der Waals surface area contributed by atoms with Gasteiger partial charge >= 0.3 is 0 Å². The van der Waals surface area contributed by atoms with Gasteiger partial charge in [-0.3, -0.25) is 4.79 Å². The predicted molar refractivity (Wildman–Crippen MR) is 67.9 cm³/mol. The summed E-state index contributed by atoms with van der Waals surface area (Å²) in [4.78, 5) is 12.1. The van der Waals surface area contributed by atoms with E-state index in [0.29, 0.717) is 0 Å². The molecule has 1 aromatic carbocycles. The van der Waals surface area contributed by atoms with Crippen LogP contribution in [0.25, 0.3) is 0 Å². The lowest BCUT2D eigenvalue weighted by molar-refractivity contribution is -0.133. The molecule has 3 heteroatoms. The first-order valence-electron chi connectivity index (χ1n) is 6.07. The highest BCUT2D eigenvalue weighted by atomic mass is 16.3. The normalized spacial score (nSPS) is 17.4. The molecule has 1 aliphatic rings. The summed E-state index contributed by atoms with van der Waals surface area (Å²) < 4.78 is 0. The number of amides is 1. The second kappa shape index (κ2) is 4.49. The van der Waals surface area contributed by atoms with Gasteiger partial charge in [-0.15, -0.1) is 0 Å². The first kappa shape index (κ1) is 12.1. The summed E-state index contributed by atoms with van der Waals surface area (Å²) in [6, 6.07) is 5.95. The van der Waals surface area contributed by atoms with Gasteiger partial charge in [0, 0.05) is 5.69 Å². The maximum absolute atomic E-state index is 12.1. The Morgan fingerprint density at radius 2 is 2.12 bits per heavy atom. The standard InChI is InChI=1S/C14H19NO2/c1-10-4-5-12(11(2)8-10)15-13(17)14(9-16)6-3-7-14/h4-5,8,16H,3,6-7,9H2,1-2H3,(H,15,17). The SMILES string of the molecule is Cc1ccc(NC(=O)C2(CO)CCC2)c(C)c1. The van der Waals surface area contributed by atoms with Crippen molar-refractivity contribution in [2.24, 2.45) is 5.41 Å². The van der Waals surface area contributed by atoms with Gasteiger partial charge in [0.05, 0.1) is 12.0 Å². The molecule has 1 amide bonds. The molecule has 0 spiro atoms. The van der Waals surface area contributed by atoms with Crippen LogP contribution in [0.5, 0.6) is 0 Å². The van der Waals surface area contributed by atoms with E-state index in [2.05, 4.69) is 5.32 Å². The first-order valence-corrected chi connectivity index (χ1v) is 6.07. The summed E-state index contributed by atoms with van der Waals surface area (Å²) in [5.74, 6) is -0.0433. The van der Waals surface area contributed by atoms with Crippen molar-refractivity contribution in [1.82, 2.24) is 0 Å². The highest BCUT2D eigenvalue weighted by Crippen LogP contribution is 2.41. The molecular weight excluding hydrogens is 214 g/mol. The van der Waals surface area contributed by atoms with Gasteiger partial charge in [0.1, 0.15) is 0 Å². The van der Waals surface area contributed by atoms with Gasteiger partial charge in [0.2, 0.25) is 5.91 Å². The van der Waals surface area contributed by atoms with E-state index < -0.39 is 5.41 Å². The maximum Gasteiger partial charge on any atom is 0.232 e. The second-order valence-electron chi connectivity index (χ2n) is 5.06. The quantitative estimate of drug-likeness (QED) is 0.842. The van der Waals surface area contributed by atoms with Gasteiger partial charge in [-0.1, -0.05) is 24.1 Å². The monoisotopic (exact) mass is 233 g/mol. The molecule has 2 N–H and O–H groups in total. The van der Waals surface area contributed by atoms with E-state index in [1.807, 2.05) is 32.0 Å². The predicted octanol–water partition coefficient (Wildman–Crippen LogP) is 2.40.